The molecule has 0 radical (unpaired) electrons. The normalized spacial score (nSPS) is 11.8. The lowest BCUT2D eigenvalue weighted by atomic mass is 10.1. The van der Waals surface area contributed by atoms with Gasteiger partial charge in [0.15, 0.2) is 6.10 Å². The zero-order chi connectivity index (χ0) is 20.9. The number of benzene rings is 3. The van der Waals surface area contributed by atoms with Crippen LogP contribution in [0.5, 0.6) is 0 Å². The van der Waals surface area contributed by atoms with Crippen molar-refractivity contribution in [2.75, 3.05) is 5.32 Å². The van der Waals surface area contributed by atoms with E-state index in [1.807, 2.05) is 48.5 Å². The van der Waals surface area contributed by atoms with E-state index in [1.165, 1.54) is 0 Å². The van der Waals surface area contributed by atoms with Crippen LogP contribution in [0.4, 0.5) is 5.69 Å². The number of aromatic amines is 1. The quantitative estimate of drug-likeness (QED) is 0.456. The van der Waals surface area contributed by atoms with E-state index in [1.54, 1.807) is 37.3 Å². The molecule has 0 spiro atoms. The summed E-state index contributed by atoms with van der Waals surface area (Å²) >= 11 is 0. The number of para-hydroxylation sites is 3. The smallest absolute Gasteiger partial charge is 0.339 e. The number of amides is 1. The summed E-state index contributed by atoms with van der Waals surface area (Å²) in [4.78, 5) is 33.3. The highest BCUT2D eigenvalue weighted by atomic mass is 16.5. The van der Waals surface area contributed by atoms with Crippen LogP contribution in [0.2, 0.25) is 0 Å². The molecule has 4 rings (SSSR count). The number of esters is 1. The molecule has 0 aliphatic heterocycles. The number of nitrogens with zero attached hydrogens (tertiary/aromatic N) is 1. The largest absolute Gasteiger partial charge is 0.449 e. The van der Waals surface area contributed by atoms with Crippen LogP contribution in [0, 0.1) is 0 Å². The molecule has 0 bridgehead atoms. The molecule has 150 valence electrons. The average Bonchev–Trinajstić information content (AvgIpc) is 3.22. The minimum absolute atomic E-state index is 0.350. The van der Waals surface area contributed by atoms with Gasteiger partial charge in [0.05, 0.1) is 16.6 Å². The molecule has 0 aliphatic carbocycles. The van der Waals surface area contributed by atoms with E-state index in [4.69, 9.17) is 4.74 Å². The molecule has 0 fully saturated rings. The monoisotopic (exact) mass is 399 g/mol. The molecule has 0 saturated heterocycles. The fourth-order valence-electron chi connectivity index (χ4n) is 3.21. The first-order chi connectivity index (χ1) is 14.7. The van der Waals surface area contributed by atoms with Gasteiger partial charge in [-0.3, -0.25) is 4.79 Å². The fourth-order valence-corrected chi connectivity index (χ4v) is 3.21. The number of rotatable bonds is 6. The Balaban J connectivity index is 1.56. The van der Waals surface area contributed by atoms with Gasteiger partial charge in [-0.05, 0) is 36.8 Å². The highest BCUT2D eigenvalue weighted by molar-refractivity contribution is 6.00. The van der Waals surface area contributed by atoms with Gasteiger partial charge in [-0.1, -0.05) is 55.5 Å². The second-order valence-electron chi connectivity index (χ2n) is 6.81. The van der Waals surface area contributed by atoms with Crippen LogP contribution in [0.25, 0.3) is 22.4 Å². The van der Waals surface area contributed by atoms with E-state index < -0.39 is 12.1 Å². The van der Waals surface area contributed by atoms with Crippen molar-refractivity contribution in [1.29, 1.82) is 0 Å². The third-order valence-electron chi connectivity index (χ3n) is 4.75. The van der Waals surface area contributed by atoms with Gasteiger partial charge in [-0.25, -0.2) is 9.78 Å². The summed E-state index contributed by atoms with van der Waals surface area (Å²) in [6.07, 6.45) is -0.543. The van der Waals surface area contributed by atoms with Crippen molar-refractivity contribution < 1.29 is 14.3 Å². The van der Waals surface area contributed by atoms with Crippen LogP contribution in [-0.2, 0) is 9.53 Å². The van der Waals surface area contributed by atoms with Crippen LogP contribution < -0.4 is 5.32 Å². The number of fused-ring (bicyclic) bond motifs is 1. The van der Waals surface area contributed by atoms with E-state index in [0.29, 0.717) is 29.1 Å². The number of anilines is 1. The summed E-state index contributed by atoms with van der Waals surface area (Å²) in [5, 5.41) is 2.78. The molecule has 0 aliphatic rings. The topological polar surface area (TPSA) is 84.1 Å². The minimum Gasteiger partial charge on any atom is -0.449 e. The van der Waals surface area contributed by atoms with E-state index in [0.717, 1.165) is 11.0 Å². The Labute approximate surface area is 173 Å². The van der Waals surface area contributed by atoms with Gasteiger partial charge in [0.2, 0.25) is 0 Å². The van der Waals surface area contributed by atoms with Crippen molar-refractivity contribution in [3.05, 3.63) is 84.4 Å². The zero-order valence-electron chi connectivity index (χ0n) is 16.5. The summed E-state index contributed by atoms with van der Waals surface area (Å²) in [6.45, 7) is 1.80. The van der Waals surface area contributed by atoms with Gasteiger partial charge in [0.1, 0.15) is 5.82 Å². The highest BCUT2D eigenvalue weighted by Crippen LogP contribution is 2.25. The molecular formula is C24H21N3O3. The van der Waals surface area contributed by atoms with Crippen LogP contribution in [0.1, 0.15) is 23.7 Å². The summed E-state index contributed by atoms with van der Waals surface area (Å²) in [5.41, 5.74) is 3.31. The second kappa shape index (κ2) is 8.61. The molecular weight excluding hydrogens is 378 g/mol. The minimum atomic E-state index is -0.901. The number of hydrogen-bond acceptors (Lipinski definition) is 4. The molecule has 30 heavy (non-hydrogen) atoms. The molecule has 2 N–H and O–H groups in total. The Morgan fingerprint density at radius 2 is 1.67 bits per heavy atom. The van der Waals surface area contributed by atoms with Crippen LogP contribution in [-0.4, -0.2) is 27.9 Å². The van der Waals surface area contributed by atoms with Crippen molar-refractivity contribution in [1.82, 2.24) is 9.97 Å². The summed E-state index contributed by atoms with van der Waals surface area (Å²) in [5.74, 6) is -0.357. The maximum Gasteiger partial charge on any atom is 0.339 e. The summed E-state index contributed by atoms with van der Waals surface area (Å²) < 4.78 is 5.56. The lowest BCUT2D eigenvalue weighted by Crippen LogP contribution is -2.32. The van der Waals surface area contributed by atoms with Crippen molar-refractivity contribution >= 4 is 28.6 Å². The number of ether oxygens (including phenoxy) is 1. The number of H-pyrrole nitrogens is 1. The number of carbonyl (C=O) groups is 2. The number of hydrogen-bond donors (Lipinski definition) is 2. The molecule has 1 atom stereocenters. The molecule has 1 aromatic heterocycles. The van der Waals surface area contributed by atoms with Crippen LogP contribution in [0.3, 0.4) is 0 Å². The Morgan fingerprint density at radius 3 is 2.43 bits per heavy atom. The average molecular weight is 399 g/mol. The van der Waals surface area contributed by atoms with Crippen molar-refractivity contribution in [2.24, 2.45) is 0 Å². The first-order valence-corrected chi connectivity index (χ1v) is 9.76. The van der Waals surface area contributed by atoms with E-state index in [-0.39, 0.29) is 5.91 Å². The van der Waals surface area contributed by atoms with Crippen molar-refractivity contribution in [3.8, 4) is 11.4 Å². The standard InChI is InChI=1S/C24H21N3O3/c1-2-21(23(28)25-16-10-4-3-5-11-16)30-24(29)18-13-7-6-12-17(18)22-26-19-14-8-9-15-20(19)27-22/h3-15,21H,2H2,1H3,(H,25,28)(H,26,27). The summed E-state index contributed by atoms with van der Waals surface area (Å²) in [6, 6.07) is 23.8. The molecule has 1 amide bonds. The van der Waals surface area contributed by atoms with Gasteiger partial charge in [0.25, 0.3) is 5.91 Å². The molecule has 4 aromatic rings. The van der Waals surface area contributed by atoms with Crippen molar-refractivity contribution in [2.45, 2.75) is 19.4 Å². The van der Waals surface area contributed by atoms with Crippen LogP contribution in [0.15, 0.2) is 78.9 Å². The van der Waals surface area contributed by atoms with Crippen LogP contribution >= 0.6 is 0 Å². The fraction of sp³-hybridized carbons (Fsp3) is 0.125. The number of aromatic nitrogens is 2. The molecule has 1 unspecified atom stereocenters. The molecule has 6 heteroatoms. The Bertz CT molecular complexity index is 1150. The molecule has 6 nitrogen and oxygen atoms in total. The van der Waals surface area contributed by atoms with E-state index in [2.05, 4.69) is 15.3 Å². The van der Waals surface area contributed by atoms with Crippen molar-refractivity contribution in [3.63, 3.8) is 0 Å². The lowest BCUT2D eigenvalue weighted by molar-refractivity contribution is -0.124. The first kappa shape index (κ1) is 19.4. The zero-order valence-corrected chi connectivity index (χ0v) is 16.5. The predicted molar refractivity (Wildman–Crippen MR) is 116 cm³/mol. The number of nitrogens with one attached hydrogen (secondary N) is 2. The van der Waals surface area contributed by atoms with Gasteiger partial charge < -0.3 is 15.0 Å². The SMILES string of the molecule is CCC(OC(=O)c1ccccc1-c1nc2ccccc2[nH]1)C(=O)Nc1ccccc1. The highest BCUT2D eigenvalue weighted by Gasteiger charge is 2.24. The second-order valence-corrected chi connectivity index (χ2v) is 6.81. The van der Waals surface area contributed by atoms with E-state index >= 15 is 0 Å². The number of carbonyl (C=O) groups excluding carboxylic acids is 2. The first-order valence-electron chi connectivity index (χ1n) is 9.76. The van der Waals surface area contributed by atoms with E-state index in [9.17, 15) is 9.59 Å². The lowest BCUT2D eigenvalue weighted by Gasteiger charge is -2.17. The van der Waals surface area contributed by atoms with Gasteiger partial charge in [0, 0.05) is 11.3 Å². The Morgan fingerprint density at radius 1 is 0.967 bits per heavy atom. The maximum absolute atomic E-state index is 12.9. The van der Waals surface area contributed by atoms with Gasteiger partial charge >= 0.3 is 5.97 Å². The van der Waals surface area contributed by atoms with Gasteiger partial charge in [-0.15, -0.1) is 0 Å². The maximum atomic E-state index is 12.9. The third-order valence-corrected chi connectivity index (χ3v) is 4.75. The third kappa shape index (κ3) is 4.07. The molecule has 1 heterocycles. The number of imidazole rings is 1. The molecule has 3 aromatic carbocycles. The summed E-state index contributed by atoms with van der Waals surface area (Å²) in [7, 11) is 0. The Kier molecular flexibility index (Phi) is 5.57. The predicted octanol–water partition coefficient (Wildman–Crippen LogP) is 4.80. The molecule has 0 saturated carbocycles. The van der Waals surface area contributed by atoms with Gasteiger partial charge in [-0.2, -0.15) is 0 Å². The Hall–Kier alpha value is -3.93.